The molecule has 0 saturated carbocycles. The molecule has 0 spiro atoms. The number of carbonyl (C=O) groups is 3. The molecule has 1 atom stereocenters. The summed E-state index contributed by atoms with van der Waals surface area (Å²) in [5.74, 6) is 0.123. The van der Waals surface area contributed by atoms with Crippen LogP contribution in [0.15, 0.2) is 42.5 Å². The Morgan fingerprint density at radius 1 is 1.04 bits per heavy atom. The van der Waals surface area contributed by atoms with Gasteiger partial charge in [-0.2, -0.15) is 0 Å². The van der Waals surface area contributed by atoms with E-state index in [2.05, 4.69) is 5.32 Å². The number of hydrogen-bond donors (Lipinski definition) is 1. The summed E-state index contributed by atoms with van der Waals surface area (Å²) >= 11 is 0. The second-order valence-corrected chi connectivity index (χ2v) is 6.03. The quantitative estimate of drug-likeness (QED) is 0.818. The Labute approximate surface area is 146 Å². The van der Waals surface area contributed by atoms with Crippen LogP contribution >= 0.6 is 0 Å². The van der Waals surface area contributed by atoms with E-state index >= 15 is 0 Å². The van der Waals surface area contributed by atoms with E-state index in [0.29, 0.717) is 23.3 Å². The van der Waals surface area contributed by atoms with Crippen LogP contribution in [0.5, 0.6) is 5.75 Å². The van der Waals surface area contributed by atoms with Crippen LogP contribution in [0.25, 0.3) is 0 Å². The van der Waals surface area contributed by atoms with E-state index in [4.69, 9.17) is 4.74 Å². The van der Waals surface area contributed by atoms with Gasteiger partial charge in [-0.15, -0.1) is 0 Å². The SMILES string of the molecule is CCC(=O)c1ccc(OCC(=O)c2ccc3c(c2)[C@@H](C)C(=O)N3)cc1. The maximum absolute atomic E-state index is 12.3. The number of anilines is 1. The smallest absolute Gasteiger partial charge is 0.231 e. The van der Waals surface area contributed by atoms with Crippen LogP contribution in [0.4, 0.5) is 5.69 Å². The zero-order valence-corrected chi connectivity index (χ0v) is 14.2. The topological polar surface area (TPSA) is 72.5 Å². The van der Waals surface area contributed by atoms with Crippen LogP contribution in [0.3, 0.4) is 0 Å². The molecule has 1 amide bonds. The average Bonchev–Trinajstić information content (AvgIpc) is 2.93. The van der Waals surface area contributed by atoms with Crippen molar-refractivity contribution >= 4 is 23.2 Å². The highest BCUT2D eigenvalue weighted by Crippen LogP contribution is 2.32. The highest BCUT2D eigenvalue weighted by molar-refractivity contribution is 6.05. The van der Waals surface area contributed by atoms with E-state index in [1.165, 1.54) is 0 Å². The largest absolute Gasteiger partial charge is 0.485 e. The Hall–Kier alpha value is -2.95. The highest BCUT2D eigenvalue weighted by Gasteiger charge is 2.27. The van der Waals surface area contributed by atoms with Gasteiger partial charge in [0.2, 0.25) is 5.91 Å². The van der Waals surface area contributed by atoms with Crippen molar-refractivity contribution in [1.29, 1.82) is 0 Å². The van der Waals surface area contributed by atoms with Crippen LogP contribution in [0, 0.1) is 0 Å². The summed E-state index contributed by atoms with van der Waals surface area (Å²) in [7, 11) is 0. The number of Topliss-reactive ketones (excluding diaryl/α,β-unsaturated/α-hetero) is 2. The second-order valence-electron chi connectivity index (χ2n) is 6.03. The van der Waals surface area contributed by atoms with Crippen LogP contribution in [0.2, 0.25) is 0 Å². The first-order chi connectivity index (χ1) is 12.0. The van der Waals surface area contributed by atoms with Gasteiger partial charge in [-0.05, 0) is 55.0 Å². The number of carbonyl (C=O) groups excluding carboxylic acids is 3. The first-order valence-corrected chi connectivity index (χ1v) is 8.23. The predicted molar refractivity (Wildman–Crippen MR) is 94.4 cm³/mol. The predicted octanol–water partition coefficient (Wildman–Crippen LogP) is 3.60. The first kappa shape index (κ1) is 16.9. The van der Waals surface area contributed by atoms with Gasteiger partial charge in [-0.3, -0.25) is 14.4 Å². The Bertz CT molecular complexity index is 839. The lowest BCUT2D eigenvalue weighted by molar-refractivity contribution is -0.116. The third kappa shape index (κ3) is 3.45. The first-order valence-electron chi connectivity index (χ1n) is 8.23. The summed E-state index contributed by atoms with van der Waals surface area (Å²) in [6.45, 7) is 3.52. The molecule has 1 aliphatic rings. The van der Waals surface area contributed by atoms with Crippen molar-refractivity contribution in [3.8, 4) is 5.75 Å². The minimum atomic E-state index is -0.257. The van der Waals surface area contributed by atoms with E-state index < -0.39 is 0 Å². The molecule has 1 heterocycles. The number of amides is 1. The summed E-state index contributed by atoms with van der Waals surface area (Å²) in [5, 5.41) is 2.78. The molecular weight excluding hydrogens is 318 g/mol. The summed E-state index contributed by atoms with van der Waals surface area (Å²) in [5.41, 5.74) is 2.73. The van der Waals surface area contributed by atoms with Crippen LogP contribution < -0.4 is 10.1 Å². The van der Waals surface area contributed by atoms with Gasteiger partial charge in [0, 0.05) is 23.2 Å². The van der Waals surface area contributed by atoms with Gasteiger partial charge in [0.1, 0.15) is 5.75 Å². The fourth-order valence-corrected chi connectivity index (χ4v) is 2.76. The van der Waals surface area contributed by atoms with Gasteiger partial charge in [-0.1, -0.05) is 6.92 Å². The molecular formula is C20H19NO4. The highest BCUT2D eigenvalue weighted by atomic mass is 16.5. The van der Waals surface area contributed by atoms with E-state index in [0.717, 1.165) is 11.3 Å². The van der Waals surface area contributed by atoms with Crippen LogP contribution in [0.1, 0.15) is 52.5 Å². The summed E-state index contributed by atoms with van der Waals surface area (Å²) in [6.07, 6.45) is 0.451. The van der Waals surface area contributed by atoms with Crippen LogP contribution in [-0.2, 0) is 4.79 Å². The van der Waals surface area contributed by atoms with E-state index in [9.17, 15) is 14.4 Å². The van der Waals surface area contributed by atoms with Gasteiger partial charge in [0.25, 0.3) is 0 Å². The van der Waals surface area contributed by atoms with E-state index in [1.807, 2.05) is 13.8 Å². The van der Waals surface area contributed by atoms with Crippen molar-refractivity contribution < 1.29 is 19.1 Å². The molecule has 3 rings (SSSR count). The van der Waals surface area contributed by atoms with Crippen molar-refractivity contribution in [2.24, 2.45) is 0 Å². The number of hydrogen-bond acceptors (Lipinski definition) is 4. The van der Waals surface area contributed by atoms with Crippen molar-refractivity contribution in [1.82, 2.24) is 0 Å². The minimum Gasteiger partial charge on any atom is -0.485 e. The molecule has 25 heavy (non-hydrogen) atoms. The van der Waals surface area contributed by atoms with Crippen LogP contribution in [-0.4, -0.2) is 24.1 Å². The molecule has 128 valence electrons. The number of fused-ring (bicyclic) bond motifs is 1. The van der Waals surface area contributed by atoms with Crippen molar-refractivity contribution in [3.05, 3.63) is 59.2 Å². The number of rotatable bonds is 6. The molecule has 0 radical (unpaired) electrons. The molecule has 2 aromatic rings. The van der Waals surface area contributed by atoms with Gasteiger partial charge in [0.15, 0.2) is 18.2 Å². The Morgan fingerprint density at radius 3 is 2.40 bits per heavy atom. The Morgan fingerprint density at radius 2 is 1.72 bits per heavy atom. The van der Waals surface area contributed by atoms with Gasteiger partial charge in [0.05, 0.1) is 5.92 Å². The Balaban J connectivity index is 1.65. The monoisotopic (exact) mass is 337 g/mol. The molecule has 2 aromatic carbocycles. The normalized spacial score (nSPS) is 15.4. The number of ketones is 2. The fraction of sp³-hybridized carbons (Fsp3) is 0.250. The second kappa shape index (κ2) is 6.89. The van der Waals surface area contributed by atoms with E-state index in [1.54, 1.807) is 42.5 Å². The minimum absolute atomic E-state index is 0.0578. The standard InChI is InChI=1S/C20H19NO4/c1-3-18(22)13-4-7-15(8-5-13)25-11-19(23)14-6-9-17-16(10-14)12(2)20(24)21-17/h4-10,12H,3,11H2,1-2H3,(H,21,24)/t12-/m1/s1. The summed E-state index contributed by atoms with van der Waals surface area (Å²) in [6, 6.07) is 11.9. The molecule has 5 nitrogen and oxygen atoms in total. The maximum Gasteiger partial charge on any atom is 0.231 e. The number of ether oxygens (including phenoxy) is 1. The van der Waals surface area contributed by atoms with Crippen molar-refractivity contribution in [2.75, 3.05) is 11.9 Å². The summed E-state index contributed by atoms with van der Waals surface area (Å²) in [4.78, 5) is 35.6. The fourth-order valence-electron chi connectivity index (χ4n) is 2.76. The third-order valence-electron chi connectivity index (χ3n) is 4.36. The number of benzene rings is 2. The molecule has 0 unspecified atom stereocenters. The third-order valence-corrected chi connectivity index (χ3v) is 4.36. The molecule has 1 N–H and O–H groups in total. The van der Waals surface area contributed by atoms with Crippen molar-refractivity contribution in [3.63, 3.8) is 0 Å². The van der Waals surface area contributed by atoms with E-state index in [-0.39, 0.29) is 30.0 Å². The zero-order chi connectivity index (χ0) is 18.0. The lowest BCUT2D eigenvalue weighted by Gasteiger charge is -2.08. The average molecular weight is 337 g/mol. The van der Waals surface area contributed by atoms with Gasteiger partial charge < -0.3 is 10.1 Å². The molecule has 0 bridgehead atoms. The van der Waals surface area contributed by atoms with Crippen molar-refractivity contribution in [2.45, 2.75) is 26.2 Å². The van der Waals surface area contributed by atoms with Gasteiger partial charge in [-0.25, -0.2) is 0 Å². The molecule has 5 heteroatoms. The Kier molecular flexibility index (Phi) is 4.65. The molecule has 0 saturated heterocycles. The summed E-state index contributed by atoms with van der Waals surface area (Å²) < 4.78 is 5.51. The zero-order valence-electron chi connectivity index (χ0n) is 14.2. The molecule has 0 fully saturated rings. The van der Waals surface area contributed by atoms with Gasteiger partial charge >= 0.3 is 0 Å². The lowest BCUT2D eigenvalue weighted by Crippen LogP contribution is -2.12. The number of nitrogens with one attached hydrogen (secondary N) is 1. The molecule has 1 aliphatic heterocycles. The lowest BCUT2D eigenvalue weighted by atomic mass is 9.99. The maximum atomic E-state index is 12.3. The molecule has 0 aromatic heterocycles. The molecule has 0 aliphatic carbocycles.